The Bertz CT molecular complexity index is 1130. The molecule has 0 spiro atoms. The third-order valence-corrected chi connectivity index (χ3v) is 6.56. The number of amides is 2. The van der Waals surface area contributed by atoms with Crippen molar-refractivity contribution in [2.45, 2.75) is 51.2 Å². The standard InChI is InChI=1S/C25H29N5O2S/c1-16-11-17(2)23(18(3)12-16)27-21(31)13-26-22(32)15-33-25-29-28-24(20-9-10-20)30(25)14-19-7-5-4-6-8-19/h4-8,11-12,20H,9-10,13-15H2,1-3H3,(H,26,32)(H,27,31). The Labute approximate surface area is 198 Å². The molecular weight excluding hydrogens is 434 g/mol. The third-order valence-electron chi connectivity index (χ3n) is 5.59. The van der Waals surface area contributed by atoms with E-state index in [0.29, 0.717) is 12.5 Å². The van der Waals surface area contributed by atoms with Crippen molar-refractivity contribution in [2.24, 2.45) is 0 Å². The summed E-state index contributed by atoms with van der Waals surface area (Å²) in [6.45, 7) is 6.56. The summed E-state index contributed by atoms with van der Waals surface area (Å²) in [5, 5.41) is 15.1. The maximum Gasteiger partial charge on any atom is 0.243 e. The minimum atomic E-state index is -0.244. The van der Waals surface area contributed by atoms with Crippen molar-refractivity contribution in [1.82, 2.24) is 20.1 Å². The van der Waals surface area contributed by atoms with Gasteiger partial charge in [0.25, 0.3) is 0 Å². The van der Waals surface area contributed by atoms with Crippen LogP contribution in [0.3, 0.4) is 0 Å². The van der Waals surface area contributed by atoms with Gasteiger partial charge in [-0.1, -0.05) is 59.8 Å². The van der Waals surface area contributed by atoms with Crippen LogP contribution >= 0.6 is 11.8 Å². The fourth-order valence-electron chi connectivity index (χ4n) is 3.89. The van der Waals surface area contributed by atoms with Crippen molar-refractivity contribution in [1.29, 1.82) is 0 Å². The summed E-state index contributed by atoms with van der Waals surface area (Å²) >= 11 is 1.35. The predicted octanol–water partition coefficient (Wildman–Crippen LogP) is 3.98. The largest absolute Gasteiger partial charge is 0.346 e. The molecule has 2 aromatic carbocycles. The Morgan fingerprint density at radius 2 is 1.73 bits per heavy atom. The van der Waals surface area contributed by atoms with Gasteiger partial charge in [0.05, 0.1) is 18.8 Å². The second kappa shape index (κ2) is 10.2. The van der Waals surface area contributed by atoms with E-state index < -0.39 is 0 Å². The van der Waals surface area contributed by atoms with Gasteiger partial charge in [0, 0.05) is 11.6 Å². The Balaban J connectivity index is 1.31. The molecule has 7 nitrogen and oxygen atoms in total. The van der Waals surface area contributed by atoms with Crippen LogP contribution in [-0.2, 0) is 16.1 Å². The van der Waals surface area contributed by atoms with E-state index >= 15 is 0 Å². The first kappa shape index (κ1) is 23.0. The van der Waals surface area contributed by atoms with Crippen LogP contribution in [0.1, 0.15) is 46.8 Å². The Morgan fingerprint density at radius 3 is 2.39 bits per heavy atom. The molecule has 33 heavy (non-hydrogen) atoms. The van der Waals surface area contributed by atoms with E-state index in [-0.39, 0.29) is 24.1 Å². The first-order chi connectivity index (χ1) is 15.9. The number of carbonyl (C=O) groups excluding carboxylic acids is 2. The van der Waals surface area contributed by atoms with Crippen LogP contribution in [-0.4, -0.2) is 38.9 Å². The van der Waals surface area contributed by atoms with Crippen molar-refractivity contribution < 1.29 is 9.59 Å². The number of nitrogens with zero attached hydrogens (tertiary/aromatic N) is 3. The molecule has 1 aliphatic rings. The number of nitrogens with one attached hydrogen (secondary N) is 2. The molecule has 0 radical (unpaired) electrons. The normalized spacial score (nSPS) is 13.1. The SMILES string of the molecule is Cc1cc(C)c(NC(=O)CNC(=O)CSc2nnc(C3CC3)n2Cc2ccccc2)c(C)c1. The van der Waals surface area contributed by atoms with Crippen LogP contribution in [0.4, 0.5) is 5.69 Å². The van der Waals surface area contributed by atoms with Crippen LogP contribution in [0, 0.1) is 20.8 Å². The highest BCUT2D eigenvalue weighted by molar-refractivity contribution is 7.99. The lowest BCUT2D eigenvalue weighted by Gasteiger charge is -2.13. The highest BCUT2D eigenvalue weighted by Crippen LogP contribution is 2.40. The number of benzene rings is 2. The van der Waals surface area contributed by atoms with Crippen molar-refractivity contribution in [3.05, 3.63) is 70.5 Å². The number of aromatic nitrogens is 3. The van der Waals surface area contributed by atoms with Gasteiger partial charge in [0.15, 0.2) is 5.16 Å². The molecule has 1 heterocycles. The smallest absolute Gasteiger partial charge is 0.243 e. The van der Waals surface area contributed by atoms with Gasteiger partial charge in [-0.3, -0.25) is 9.59 Å². The van der Waals surface area contributed by atoms with Crippen molar-refractivity contribution in [2.75, 3.05) is 17.6 Å². The fourth-order valence-corrected chi connectivity index (χ4v) is 4.66. The van der Waals surface area contributed by atoms with Crippen LogP contribution in [0.25, 0.3) is 0 Å². The van der Waals surface area contributed by atoms with Gasteiger partial charge in [-0.2, -0.15) is 0 Å². The van der Waals surface area contributed by atoms with Gasteiger partial charge in [0.2, 0.25) is 11.8 Å². The van der Waals surface area contributed by atoms with E-state index in [4.69, 9.17) is 0 Å². The molecule has 8 heteroatoms. The van der Waals surface area contributed by atoms with E-state index in [9.17, 15) is 9.59 Å². The van der Waals surface area contributed by atoms with E-state index in [2.05, 4.69) is 37.5 Å². The molecule has 2 amide bonds. The molecule has 2 N–H and O–H groups in total. The van der Waals surface area contributed by atoms with Gasteiger partial charge in [0.1, 0.15) is 5.82 Å². The summed E-state index contributed by atoms with van der Waals surface area (Å²) in [4.78, 5) is 24.8. The molecule has 4 rings (SSSR count). The molecule has 0 unspecified atom stereocenters. The molecule has 1 aromatic heterocycles. The molecule has 1 saturated carbocycles. The average Bonchev–Trinajstić information content (AvgIpc) is 3.55. The first-order valence-corrected chi connectivity index (χ1v) is 12.1. The van der Waals surface area contributed by atoms with Crippen LogP contribution in [0.5, 0.6) is 0 Å². The first-order valence-electron chi connectivity index (χ1n) is 11.1. The Morgan fingerprint density at radius 1 is 1.03 bits per heavy atom. The highest BCUT2D eigenvalue weighted by Gasteiger charge is 2.30. The third kappa shape index (κ3) is 6.01. The van der Waals surface area contributed by atoms with Crippen LogP contribution < -0.4 is 10.6 Å². The lowest BCUT2D eigenvalue weighted by molar-refractivity contribution is -0.122. The van der Waals surface area contributed by atoms with Crippen molar-refractivity contribution >= 4 is 29.3 Å². The van der Waals surface area contributed by atoms with Gasteiger partial charge in [-0.05, 0) is 50.3 Å². The summed E-state index contributed by atoms with van der Waals surface area (Å²) in [7, 11) is 0. The summed E-state index contributed by atoms with van der Waals surface area (Å²) in [6.07, 6.45) is 2.26. The summed E-state index contributed by atoms with van der Waals surface area (Å²) in [5.41, 5.74) is 5.14. The zero-order chi connectivity index (χ0) is 23.4. The molecule has 172 valence electrons. The van der Waals surface area contributed by atoms with Crippen molar-refractivity contribution in [3.8, 4) is 0 Å². The minimum Gasteiger partial charge on any atom is -0.346 e. The van der Waals surface area contributed by atoms with E-state index in [0.717, 1.165) is 46.2 Å². The van der Waals surface area contributed by atoms with Gasteiger partial charge >= 0.3 is 0 Å². The number of anilines is 1. The molecular formula is C25H29N5O2S. The maximum atomic E-state index is 12.4. The number of hydrogen-bond donors (Lipinski definition) is 2. The zero-order valence-corrected chi connectivity index (χ0v) is 20.0. The minimum absolute atomic E-state index is 0.0732. The van der Waals surface area contributed by atoms with E-state index in [1.807, 2.05) is 51.1 Å². The molecule has 1 fully saturated rings. The summed E-state index contributed by atoms with van der Waals surface area (Å²) in [5.74, 6) is 1.17. The van der Waals surface area contributed by atoms with E-state index in [1.54, 1.807) is 0 Å². The number of rotatable bonds is 9. The quantitative estimate of drug-likeness (QED) is 0.469. The second-order valence-corrected chi connectivity index (χ2v) is 9.52. The highest BCUT2D eigenvalue weighted by atomic mass is 32.2. The second-order valence-electron chi connectivity index (χ2n) is 8.57. The summed E-state index contributed by atoms with van der Waals surface area (Å²) < 4.78 is 2.11. The fraction of sp³-hybridized carbons (Fsp3) is 0.360. The predicted molar refractivity (Wildman–Crippen MR) is 131 cm³/mol. The average molecular weight is 464 g/mol. The van der Waals surface area contributed by atoms with Crippen LogP contribution in [0.2, 0.25) is 0 Å². The molecule has 0 bridgehead atoms. The van der Waals surface area contributed by atoms with Gasteiger partial charge in [-0.25, -0.2) is 0 Å². The number of thioether (sulfide) groups is 1. The maximum absolute atomic E-state index is 12.4. The Kier molecular flexibility index (Phi) is 7.13. The number of aryl methyl sites for hydroxylation is 3. The lowest BCUT2D eigenvalue weighted by atomic mass is 10.1. The molecule has 0 atom stereocenters. The zero-order valence-electron chi connectivity index (χ0n) is 19.2. The molecule has 0 aliphatic heterocycles. The number of carbonyl (C=O) groups is 2. The van der Waals surface area contributed by atoms with E-state index in [1.165, 1.54) is 17.3 Å². The topological polar surface area (TPSA) is 88.9 Å². The molecule has 0 saturated heterocycles. The van der Waals surface area contributed by atoms with Crippen LogP contribution in [0.15, 0.2) is 47.6 Å². The number of hydrogen-bond acceptors (Lipinski definition) is 5. The van der Waals surface area contributed by atoms with Gasteiger partial charge < -0.3 is 15.2 Å². The van der Waals surface area contributed by atoms with Gasteiger partial charge in [-0.15, -0.1) is 10.2 Å². The lowest BCUT2D eigenvalue weighted by Crippen LogP contribution is -2.34. The summed E-state index contributed by atoms with van der Waals surface area (Å²) in [6, 6.07) is 14.2. The molecule has 3 aromatic rings. The van der Waals surface area contributed by atoms with Crippen molar-refractivity contribution in [3.63, 3.8) is 0 Å². The Hall–Kier alpha value is -3.13. The monoisotopic (exact) mass is 463 g/mol. The molecule has 1 aliphatic carbocycles.